The van der Waals surface area contributed by atoms with Crippen LogP contribution in [0.2, 0.25) is 0 Å². The molecule has 2 aromatic rings. The lowest BCUT2D eigenvalue weighted by molar-refractivity contribution is 0.0992. The van der Waals surface area contributed by atoms with Crippen LogP contribution in [0.25, 0.3) is 0 Å². The molecule has 0 aromatic heterocycles. The number of ether oxygens (including phenoxy) is 2. The molecule has 0 saturated carbocycles. The number of aromatic hydroxyl groups is 1. The second-order valence-corrected chi connectivity index (χ2v) is 4.45. The summed E-state index contributed by atoms with van der Waals surface area (Å²) in [6.45, 7) is 0. The normalized spacial score (nSPS) is 10.0. The van der Waals surface area contributed by atoms with Crippen LogP contribution in [0.5, 0.6) is 17.2 Å². The molecule has 2 aromatic carbocycles. The predicted molar refractivity (Wildman–Crippen MR) is 80.4 cm³/mol. The van der Waals surface area contributed by atoms with Crippen molar-refractivity contribution in [1.29, 1.82) is 0 Å². The Morgan fingerprint density at radius 2 is 1.62 bits per heavy atom. The minimum Gasteiger partial charge on any atom is -0.508 e. The number of hydrogen-bond acceptors (Lipinski definition) is 4. The van der Waals surface area contributed by atoms with E-state index in [1.807, 2.05) is 0 Å². The van der Waals surface area contributed by atoms with Gasteiger partial charge in [0.25, 0.3) is 5.91 Å². The van der Waals surface area contributed by atoms with Gasteiger partial charge in [-0.2, -0.15) is 0 Å². The molecule has 0 atom stereocenters. The molecule has 0 unspecified atom stereocenters. The SMILES string of the molecule is COc1ccc(C(=O)N(C)c2ccc(O)cc2)cc1OC. The van der Waals surface area contributed by atoms with Crippen molar-refractivity contribution >= 4 is 11.6 Å². The van der Waals surface area contributed by atoms with Crippen LogP contribution in [0.1, 0.15) is 10.4 Å². The largest absolute Gasteiger partial charge is 0.508 e. The lowest BCUT2D eigenvalue weighted by Crippen LogP contribution is -2.26. The molecule has 0 bridgehead atoms. The first-order chi connectivity index (χ1) is 10.1. The summed E-state index contributed by atoms with van der Waals surface area (Å²) in [7, 11) is 4.74. The van der Waals surface area contributed by atoms with E-state index < -0.39 is 0 Å². The third-order valence-corrected chi connectivity index (χ3v) is 3.17. The summed E-state index contributed by atoms with van der Waals surface area (Å²) < 4.78 is 10.4. The third-order valence-electron chi connectivity index (χ3n) is 3.17. The van der Waals surface area contributed by atoms with Gasteiger partial charge in [-0.05, 0) is 42.5 Å². The monoisotopic (exact) mass is 287 g/mol. The minimum atomic E-state index is -0.179. The number of phenols is 1. The number of methoxy groups -OCH3 is 2. The molecule has 1 N–H and O–H groups in total. The van der Waals surface area contributed by atoms with Crippen molar-refractivity contribution in [1.82, 2.24) is 0 Å². The number of amides is 1. The highest BCUT2D eigenvalue weighted by atomic mass is 16.5. The van der Waals surface area contributed by atoms with Gasteiger partial charge in [-0.1, -0.05) is 0 Å². The summed E-state index contributed by atoms with van der Waals surface area (Å²) in [5.41, 5.74) is 1.18. The van der Waals surface area contributed by atoms with Crippen LogP contribution in [0.4, 0.5) is 5.69 Å². The van der Waals surface area contributed by atoms with Gasteiger partial charge in [0.15, 0.2) is 11.5 Å². The summed E-state index contributed by atoms with van der Waals surface area (Å²) in [5.74, 6) is 1.05. The van der Waals surface area contributed by atoms with Crippen molar-refractivity contribution in [3.8, 4) is 17.2 Å². The maximum absolute atomic E-state index is 12.5. The van der Waals surface area contributed by atoms with Gasteiger partial charge < -0.3 is 19.5 Å². The van der Waals surface area contributed by atoms with E-state index in [1.54, 1.807) is 44.5 Å². The van der Waals surface area contributed by atoms with Gasteiger partial charge in [0, 0.05) is 18.3 Å². The van der Waals surface area contributed by atoms with Crippen molar-refractivity contribution in [2.75, 3.05) is 26.2 Å². The molecule has 0 aliphatic carbocycles. The number of carbonyl (C=O) groups is 1. The lowest BCUT2D eigenvalue weighted by atomic mass is 10.1. The molecule has 110 valence electrons. The Morgan fingerprint density at radius 1 is 1.00 bits per heavy atom. The van der Waals surface area contributed by atoms with Crippen molar-refractivity contribution in [2.24, 2.45) is 0 Å². The van der Waals surface area contributed by atoms with Gasteiger partial charge in [0.2, 0.25) is 0 Å². The number of benzene rings is 2. The van der Waals surface area contributed by atoms with Crippen molar-refractivity contribution in [3.63, 3.8) is 0 Å². The second-order valence-electron chi connectivity index (χ2n) is 4.45. The summed E-state index contributed by atoms with van der Waals surface area (Å²) in [6, 6.07) is 11.4. The third kappa shape index (κ3) is 3.08. The number of phenolic OH excluding ortho intramolecular Hbond substituents is 1. The average Bonchev–Trinajstić information content (AvgIpc) is 2.53. The molecule has 21 heavy (non-hydrogen) atoms. The smallest absolute Gasteiger partial charge is 0.258 e. The Morgan fingerprint density at radius 3 is 2.19 bits per heavy atom. The zero-order chi connectivity index (χ0) is 15.4. The molecule has 0 heterocycles. The molecule has 0 saturated heterocycles. The van der Waals surface area contributed by atoms with Gasteiger partial charge in [-0.15, -0.1) is 0 Å². The average molecular weight is 287 g/mol. The molecule has 0 aliphatic rings. The van der Waals surface area contributed by atoms with E-state index in [2.05, 4.69) is 0 Å². The van der Waals surface area contributed by atoms with Gasteiger partial charge in [0.05, 0.1) is 14.2 Å². The van der Waals surface area contributed by atoms with Crippen LogP contribution in [-0.4, -0.2) is 32.3 Å². The standard InChI is InChI=1S/C16H17NO4/c1-17(12-5-7-13(18)8-6-12)16(19)11-4-9-14(20-2)15(10-11)21-3/h4-10,18H,1-3H3. The number of hydrogen-bond donors (Lipinski definition) is 1. The van der Waals surface area contributed by atoms with E-state index in [4.69, 9.17) is 9.47 Å². The first-order valence-corrected chi connectivity index (χ1v) is 6.36. The summed E-state index contributed by atoms with van der Waals surface area (Å²) in [5, 5.41) is 9.29. The Balaban J connectivity index is 2.29. The molecule has 2 rings (SSSR count). The minimum absolute atomic E-state index is 0.158. The molecule has 0 spiro atoms. The van der Waals surface area contributed by atoms with E-state index in [0.29, 0.717) is 22.7 Å². The Hall–Kier alpha value is -2.69. The molecule has 0 fully saturated rings. The van der Waals surface area contributed by atoms with Crippen molar-refractivity contribution in [3.05, 3.63) is 48.0 Å². The molecule has 5 nitrogen and oxygen atoms in total. The molecular weight excluding hydrogens is 270 g/mol. The van der Waals surface area contributed by atoms with Crippen LogP contribution in [-0.2, 0) is 0 Å². The molecule has 0 radical (unpaired) electrons. The van der Waals surface area contributed by atoms with Crippen molar-refractivity contribution in [2.45, 2.75) is 0 Å². The van der Waals surface area contributed by atoms with Crippen LogP contribution < -0.4 is 14.4 Å². The highest BCUT2D eigenvalue weighted by Crippen LogP contribution is 2.28. The molecular formula is C16H17NO4. The number of carbonyl (C=O) groups excluding carboxylic acids is 1. The van der Waals surface area contributed by atoms with E-state index in [1.165, 1.54) is 24.1 Å². The highest BCUT2D eigenvalue weighted by molar-refractivity contribution is 6.06. The molecule has 0 aliphatic heterocycles. The van der Waals surface area contributed by atoms with Crippen molar-refractivity contribution < 1.29 is 19.4 Å². The fourth-order valence-corrected chi connectivity index (χ4v) is 1.96. The maximum atomic E-state index is 12.5. The van der Waals surface area contributed by atoms with E-state index in [0.717, 1.165) is 0 Å². The highest BCUT2D eigenvalue weighted by Gasteiger charge is 2.16. The Bertz CT molecular complexity index is 637. The number of nitrogens with zero attached hydrogens (tertiary/aromatic N) is 1. The van der Waals surface area contributed by atoms with E-state index in [9.17, 15) is 9.90 Å². The van der Waals surface area contributed by atoms with Crippen LogP contribution in [0, 0.1) is 0 Å². The summed E-state index contributed by atoms with van der Waals surface area (Å²) in [6.07, 6.45) is 0. The number of anilines is 1. The van der Waals surface area contributed by atoms with Gasteiger partial charge >= 0.3 is 0 Å². The fraction of sp³-hybridized carbons (Fsp3) is 0.188. The van der Waals surface area contributed by atoms with E-state index in [-0.39, 0.29) is 11.7 Å². The molecule has 5 heteroatoms. The van der Waals surface area contributed by atoms with Crippen LogP contribution >= 0.6 is 0 Å². The summed E-state index contributed by atoms with van der Waals surface area (Å²) >= 11 is 0. The van der Waals surface area contributed by atoms with Crippen LogP contribution in [0.15, 0.2) is 42.5 Å². The zero-order valence-corrected chi connectivity index (χ0v) is 12.2. The first-order valence-electron chi connectivity index (χ1n) is 6.36. The van der Waals surface area contributed by atoms with E-state index >= 15 is 0 Å². The fourth-order valence-electron chi connectivity index (χ4n) is 1.96. The summed E-state index contributed by atoms with van der Waals surface area (Å²) in [4.78, 5) is 14.0. The Kier molecular flexibility index (Phi) is 4.33. The van der Waals surface area contributed by atoms with Gasteiger partial charge in [-0.25, -0.2) is 0 Å². The lowest BCUT2D eigenvalue weighted by Gasteiger charge is -2.18. The topological polar surface area (TPSA) is 59.0 Å². The first kappa shape index (κ1) is 14.7. The molecule has 1 amide bonds. The van der Waals surface area contributed by atoms with Gasteiger partial charge in [0.1, 0.15) is 5.75 Å². The second kappa shape index (κ2) is 6.17. The Labute approximate surface area is 123 Å². The predicted octanol–water partition coefficient (Wildman–Crippen LogP) is 2.69. The van der Waals surface area contributed by atoms with Crippen LogP contribution in [0.3, 0.4) is 0 Å². The quantitative estimate of drug-likeness (QED) is 0.939. The zero-order valence-electron chi connectivity index (χ0n) is 12.2. The number of rotatable bonds is 4. The maximum Gasteiger partial charge on any atom is 0.258 e. The van der Waals surface area contributed by atoms with Gasteiger partial charge in [-0.3, -0.25) is 4.79 Å².